The second kappa shape index (κ2) is 8.87. The molecule has 7 nitrogen and oxygen atoms in total. The van der Waals surface area contributed by atoms with Gasteiger partial charge in [-0.3, -0.25) is 14.4 Å². The average Bonchev–Trinajstić information content (AvgIpc) is 3.20. The SMILES string of the molecule is C=CCN1C(=O)C2(/C(=C(/O)c3ccc(C)c(F)c3)C(=O)C(=O)N2CCCOC)c2ccccc21. The maximum absolute atomic E-state index is 14.3. The fraction of sp³-hybridized carbons (Fsp3) is 0.269. The molecular formula is C26H25FN2O5. The van der Waals surface area contributed by atoms with Crippen LogP contribution >= 0.6 is 0 Å². The van der Waals surface area contributed by atoms with E-state index in [9.17, 15) is 23.9 Å². The van der Waals surface area contributed by atoms with Crippen molar-refractivity contribution < 1.29 is 28.6 Å². The van der Waals surface area contributed by atoms with Gasteiger partial charge >= 0.3 is 0 Å². The number of ketones is 1. The number of aliphatic hydroxyl groups is 1. The molecule has 34 heavy (non-hydrogen) atoms. The molecule has 0 aliphatic carbocycles. The standard InChI is InChI=1S/C26H25FN2O5/c1-4-12-28-20-9-6-5-8-18(20)26(25(28)33)21(22(30)17-11-10-16(2)19(27)15-17)23(31)24(32)29(26)13-7-14-34-3/h4-6,8-11,15,30H,1,7,12-14H2,2-3H3/b22-21+. The Morgan fingerprint density at radius 3 is 2.62 bits per heavy atom. The summed E-state index contributed by atoms with van der Waals surface area (Å²) in [6, 6.07) is 10.8. The number of Topliss-reactive ketones (excluding diaryl/α,β-unsaturated/α-hetero) is 1. The number of carbonyl (C=O) groups excluding carboxylic acids is 3. The second-order valence-electron chi connectivity index (χ2n) is 8.25. The molecule has 0 bridgehead atoms. The van der Waals surface area contributed by atoms with Crippen molar-refractivity contribution in [1.29, 1.82) is 0 Å². The van der Waals surface area contributed by atoms with Crippen LogP contribution in [-0.2, 0) is 24.7 Å². The lowest BCUT2D eigenvalue weighted by Gasteiger charge is -2.34. The first kappa shape index (κ1) is 23.4. The largest absolute Gasteiger partial charge is 0.507 e. The smallest absolute Gasteiger partial charge is 0.296 e. The van der Waals surface area contributed by atoms with Crippen LogP contribution < -0.4 is 4.90 Å². The first-order valence-electron chi connectivity index (χ1n) is 10.9. The van der Waals surface area contributed by atoms with Crippen molar-refractivity contribution in [3.8, 4) is 0 Å². The number of aryl methyl sites for hydroxylation is 1. The van der Waals surface area contributed by atoms with Crippen molar-refractivity contribution in [2.24, 2.45) is 0 Å². The van der Waals surface area contributed by atoms with Crippen LogP contribution in [0.2, 0.25) is 0 Å². The first-order chi connectivity index (χ1) is 16.3. The molecule has 0 saturated carbocycles. The minimum absolute atomic E-state index is 0.00446. The summed E-state index contributed by atoms with van der Waals surface area (Å²) in [4.78, 5) is 43.3. The van der Waals surface area contributed by atoms with Crippen molar-refractivity contribution >= 4 is 29.0 Å². The lowest BCUT2D eigenvalue weighted by atomic mass is 9.81. The predicted octanol–water partition coefficient (Wildman–Crippen LogP) is 3.28. The number of hydrogen-bond acceptors (Lipinski definition) is 5. The van der Waals surface area contributed by atoms with Crippen LogP contribution in [0.5, 0.6) is 0 Å². The number of anilines is 1. The van der Waals surface area contributed by atoms with E-state index in [-0.39, 0.29) is 24.2 Å². The van der Waals surface area contributed by atoms with Crippen molar-refractivity contribution in [3.63, 3.8) is 0 Å². The number of hydrogen-bond donors (Lipinski definition) is 1. The highest BCUT2D eigenvalue weighted by atomic mass is 19.1. The van der Waals surface area contributed by atoms with Gasteiger partial charge in [0.05, 0.1) is 11.3 Å². The minimum Gasteiger partial charge on any atom is -0.507 e. The van der Waals surface area contributed by atoms with Crippen molar-refractivity contribution in [2.45, 2.75) is 18.9 Å². The van der Waals surface area contributed by atoms with E-state index in [1.807, 2.05) is 0 Å². The summed E-state index contributed by atoms with van der Waals surface area (Å²) in [7, 11) is 1.51. The van der Waals surface area contributed by atoms with Gasteiger partial charge in [-0.25, -0.2) is 4.39 Å². The average molecular weight is 464 g/mol. The zero-order valence-electron chi connectivity index (χ0n) is 19.0. The van der Waals surface area contributed by atoms with E-state index in [1.54, 1.807) is 37.3 Å². The number of aliphatic hydroxyl groups excluding tert-OH is 1. The Bertz CT molecular complexity index is 1240. The minimum atomic E-state index is -1.88. The van der Waals surface area contributed by atoms with E-state index in [0.29, 0.717) is 29.8 Å². The maximum Gasteiger partial charge on any atom is 0.296 e. The Morgan fingerprint density at radius 2 is 1.94 bits per heavy atom. The summed E-state index contributed by atoms with van der Waals surface area (Å²) in [5, 5.41) is 11.3. The molecule has 1 saturated heterocycles. The molecule has 2 aliphatic rings. The molecule has 176 valence electrons. The summed E-state index contributed by atoms with van der Waals surface area (Å²) in [6.45, 7) is 5.76. The molecule has 0 radical (unpaired) electrons. The number of nitrogens with zero attached hydrogens (tertiary/aromatic N) is 2. The van der Waals surface area contributed by atoms with E-state index in [2.05, 4.69) is 6.58 Å². The highest BCUT2D eigenvalue weighted by molar-refractivity contribution is 6.50. The fourth-order valence-electron chi connectivity index (χ4n) is 4.73. The Morgan fingerprint density at radius 1 is 1.21 bits per heavy atom. The molecule has 2 heterocycles. The molecule has 2 aromatic carbocycles. The van der Waals surface area contributed by atoms with Gasteiger partial charge in [0.2, 0.25) is 0 Å². The van der Waals surface area contributed by atoms with Crippen LogP contribution in [0.15, 0.2) is 60.7 Å². The lowest BCUT2D eigenvalue weighted by molar-refractivity contribution is -0.143. The van der Waals surface area contributed by atoms with Crippen LogP contribution in [0.25, 0.3) is 5.76 Å². The van der Waals surface area contributed by atoms with Crippen LogP contribution in [0.1, 0.15) is 23.1 Å². The number of benzene rings is 2. The van der Waals surface area contributed by atoms with Crippen LogP contribution in [0, 0.1) is 12.7 Å². The number of para-hydroxylation sites is 1. The lowest BCUT2D eigenvalue weighted by Crippen LogP contribution is -2.52. The molecule has 1 spiro atoms. The second-order valence-corrected chi connectivity index (χ2v) is 8.25. The zero-order chi connectivity index (χ0) is 24.6. The predicted molar refractivity (Wildman–Crippen MR) is 125 cm³/mol. The molecule has 2 amide bonds. The Hall–Kier alpha value is -3.78. The van der Waals surface area contributed by atoms with Crippen LogP contribution in [0.3, 0.4) is 0 Å². The highest BCUT2D eigenvalue weighted by Crippen LogP contribution is 2.53. The third kappa shape index (κ3) is 3.25. The fourth-order valence-corrected chi connectivity index (χ4v) is 4.73. The highest BCUT2D eigenvalue weighted by Gasteiger charge is 2.66. The number of fused-ring (bicyclic) bond motifs is 2. The quantitative estimate of drug-likeness (QED) is 0.223. The van der Waals surface area contributed by atoms with Gasteiger partial charge in [0.1, 0.15) is 11.6 Å². The van der Waals surface area contributed by atoms with Crippen molar-refractivity contribution in [1.82, 2.24) is 4.90 Å². The van der Waals surface area contributed by atoms with E-state index < -0.39 is 34.7 Å². The van der Waals surface area contributed by atoms with E-state index in [1.165, 1.54) is 29.0 Å². The number of likely N-dealkylation sites (tertiary alicyclic amines) is 1. The van der Waals surface area contributed by atoms with Crippen LogP contribution in [0.4, 0.5) is 10.1 Å². The summed E-state index contributed by atoms with van der Waals surface area (Å²) in [5.41, 5.74) is -0.996. The first-order valence-corrected chi connectivity index (χ1v) is 10.9. The normalized spacial score (nSPS) is 21.0. The Labute approximate surface area is 196 Å². The van der Waals surface area contributed by atoms with Gasteiger partial charge < -0.3 is 19.6 Å². The van der Waals surface area contributed by atoms with Gasteiger partial charge in [0, 0.05) is 37.9 Å². The summed E-state index contributed by atoms with van der Waals surface area (Å²) in [5.74, 6) is -3.65. The number of ether oxygens (including phenoxy) is 1. The molecular weight excluding hydrogens is 439 g/mol. The van der Waals surface area contributed by atoms with Gasteiger partial charge in [-0.05, 0) is 31.0 Å². The molecule has 1 unspecified atom stereocenters. The number of carbonyl (C=O) groups is 3. The zero-order valence-corrected chi connectivity index (χ0v) is 19.0. The van der Waals surface area contributed by atoms with Crippen LogP contribution in [-0.4, -0.2) is 54.4 Å². The topological polar surface area (TPSA) is 87.2 Å². The molecule has 4 rings (SSSR count). The number of rotatable bonds is 7. The molecule has 1 N–H and O–H groups in total. The molecule has 2 aromatic rings. The van der Waals surface area contributed by atoms with Gasteiger partial charge in [0.15, 0.2) is 5.54 Å². The van der Waals surface area contributed by atoms with Gasteiger partial charge in [-0.2, -0.15) is 0 Å². The number of methoxy groups -OCH3 is 1. The monoisotopic (exact) mass is 464 g/mol. The third-order valence-corrected chi connectivity index (χ3v) is 6.30. The maximum atomic E-state index is 14.3. The van der Waals surface area contributed by atoms with Gasteiger partial charge in [-0.1, -0.05) is 36.4 Å². The number of halogens is 1. The molecule has 2 aliphatic heterocycles. The van der Waals surface area contributed by atoms with Crippen molar-refractivity contribution in [3.05, 3.63) is 83.2 Å². The molecule has 0 aromatic heterocycles. The van der Waals surface area contributed by atoms with Crippen molar-refractivity contribution in [2.75, 3.05) is 31.7 Å². The molecule has 1 atom stereocenters. The van der Waals surface area contributed by atoms with E-state index in [0.717, 1.165) is 6.07 Å². The summed E-state index contributed by atoms with van der Waals surface area (Å²) >= 11 is 0. The number of amides is 2. The Kier molecular flexibility index (Phi) is 6.10. The summed E-state index contributed by atoms with van der Waals surface area (Å²) in [6.07, 6.45) is 1.90. The van der Waals surface area contributed by atoms with Gasteiger partial charge in [0.25, 0.3) is 17.6 Å². The Balaban J connectivity index is 2.04. The molecule has 1 fully saturated rings. The van der Waals surface area contributed by atoms with E-state index >= 15 is 0 Å². The third-order valence-electron chi connectivity index (χ3n) is 6.30. The van der Waals surface area contributed by atoms with Gasteiger partial charge in [-0.15, -0.1) is 6.58 Å². The van der Waals surface area contributed by atoms with E-state index in [4.69, 9.17) is 4.74 Å². The molecule has 8 heteroatoms. The summed E-state index contributed by atoms with van der Waals surface area (Å²) < 4.78 is 19.4.